The average molecular weight is 116 g/mol. The van der Waals surface area contributed by atoms with Crippen LogP contribution in [0.25, 0.3) is 0 Å². The Hall–Kier alpha value is -0.540. The Bertz CT molecular complexity index is 80.5. The highest BCUT2D eigenvalue weighted by Gasteiger charge is 1.97. The van der Waals surface area contributed by atoms with Crippen molar-refractivity contribution >= 4 is 0 Å². The second-order valence-electron chi connectivity index (χ2n) is 1.43. The van der Waals surface area contributed by atoms with Crippen LogP contribution in [-0.2, 0) is 4.74 Å². The molecule has 0 aromatic rings. The predicted molar refractivity (Wildman–Crippen MR) is 32.9 cm³/mol. The van der Waals surface area contributed by atoms with Gasteiger partial charge >= 0.3 is 0 Å². The summed E-state index contributed by atoms with van der Waals surface area (Å²) in [5, 5.41) is 0. The first kappa shape index (κ1) is 7.46. The van der Waals surface area contributed by atoms with Gasteiger partial charge in [0.1, 0.15) is 11.9 Å². The van der Waals surface area contributed by atoms with Crippen LogP contribution in [0, 0.1) is 0 Å². The van der Waals surface area contributed by atoms with E-state index in [2.05, 4.69) is 6.58 Å². The summed E-state index contributed by atoms with van der Waals surface area (Å²) in [6.07, 6.45) is -0.546. The molecule has 0 aliphatic heterocycles. The molecular weight excluding hydrogens is 104 g/mol. The van der Waals surface area contributed by atoms with Gasteiger partial charge in [0.05, 0.1) is 6.61 Å². The minimum atomic E-state index is -0.546. The number of ether oxygens (including phenoxy) is 1. The molecule has 0 aliphatic rings. The normalized spacial score (nSPS) is 9.50. The Morgan fingerprint density at radius 1 is 1.75 bits per heavy atom. The second kappa shape index (κ2) is 3.46. The molecule has 0 radical (unpaired) electrons. The Morgan fingerprint density at radius 3 is 2.38 bits per heavy atom. The molecule has 48 valence electrons. The highest BCUT2D eigenvalue weighted by Crippen LogP contribution is 1.91. The van der Waals surface area contributed by atoms with Crippen molar-refractivity contribution < 1.29 is 4.74 Å². The lowest BCUT2D eigenvalue weighted by atomic mass is 10.5. The molecule has 0 aliphatic carbocycles. The van der Waals surface area contributed by atoms with Gasteiger partial charge in [-0.3, -0.25) is 0 Å². The summed E-state index contributed by atoms with van der Waals surface area (Å²) < 4.78 is 4.86. The van der Waals surface area contributed by atoms with E-state index in [9.17, 15) is 0 Å². The third-order valence-electron chi connectivity index (χ3n) is 0.702. The van der Waals surface area contributed by atoms with Crippen molar-refractivity contribution in [1.82, 2.24) is 0 Å². The van der Waals surface area contributed by atoms with E-state index in [0.29, 0.717) is 12.4 Å². The highest BCUT2D eigenvalue weighted by atomic mass is 16.5. The molecule has 8 heavy (non-hydrogen) atoms. The first-order valence-corrected chi connectivity index (χ1v) is 2.51. The van der Waals surface area contributed by atoms with Crippen molar-refractivity contribution in [1.29, 1.82) is 0 Å². The van der Waals surface area contributed by atoms with Crippen molar-refractivity contribution in [2.75, 3.05) is 6.61 Å². The topological polar surface area (TPSA) is 61.3 Å². The maximum atomic E-state index is 5.18. The van der Waals surface area contributed by atoms with E-state index < -0.39 is 6.17 Å². The van der Waals surface area contributed by atoms with Gasteiger partial charge in [-0.2, -0.15) is 0 Å². The molecule has 3 nitrogen and oxygen atoms in total. The molecule has 0 rings (SSSR count). The fourth-order valence-corrected chi connectivity index (χ4v) is 0.282. The Balaban J connectivity index is 3.33. The predicted octanol–water partition coefficient (Wildman–Crippen LogP) is -0.220. The van der Waals surface area contributed by atoms with Crippen LogP contribution in [0.5, 0.6) is 0 Å². The lowest BCUT2D eigenvalue weighted by molar-refractivity contribution is 0.211. The standard InChI is InChI=1S/C5H12N2O/c1-3-8-4(2)5(6)7/h5H,2-3,6-7H2,1H3. The third-order valence-corrected chi connectivity index (χ3v) is 0.702. The van der Waals surface area contributed by atoms with Crippen molar-refractivity contribution in [2.45, 2.75) is 13.1 Å². The van der Waals surface area contributed by atoms with E-state index in [0.717, 1.165) is 0 Å². The van der Waals surface area contributed by atoms with E-state index in [1.807, 2.05) is 6.92 Å². The molecule has 0 fully saturated rings. The van der Waals surface area contributed by atoms with Gasteiger partial charge in [-0.05, 0) is 6.92 Å². The molecule has 0 amide bonds. The number of nitrogens with two attached hydrogens (primary N) is 2. The van der Waals surface area contributed by atoms with Gasteiger partial charge < -0.3 is 16.2 Å². The quantitative estimate of drug-likeness (QED) is 0.396. The van der Waals surface area contributed by atoms with E-state index in [1.54, 1.807) is 0 Å². The summed E-state index contributed by atoms with van der Waals surface area (Å²) in [6.45, 7) is 5.90. The molecule has 0 unspecified atom stereocenters. The van der Waals surface area contributed by atoms with E-state index >= 15 is 0 Å². The van der Waals surface area contributed by atoms with Crippen molar-refractivity contribution in [2.24, 2.45) is 11.5 Å². The summed E-state index contributed by atoms with van der Waals surface area (Å²) in [6, 6.07) is 0. The molecule has 0 bridgehead atoms. The second-order valence-corrected chi connectivity index (χ2v) is 1.43. The molecule has 0 aromatic carbocycles. The maximum absolute atomic E-state index is 5.18. The van der Waals surface area contributed by atoms with Crippen LogP contribution in [0.3, 0.4) is 0 Å². The van der Waals surface area contributed by atoms with Gasteiger partial charge in [0.25, 0.3) is 0 Å². The molecular formula is C5H12N2O. The smallest absolute Gasteiger partial charge is 0.120 e. The maximum Gasteiger partial charge on any atom is 0.120 e. The zero-order chi connectivity index (χ0) is 6.57. The molecule has 0 spiro atoms. The highest BCUT2D eigenvalue weighted by molar-refractivity contribution is 4.90. The summed E-state index contributed by atoms with van der Waals surface area (Å²) in [5.41, 5.74) is 10.4. The molecule has 3 heteroatoms. The van der Waals surface area contributed by atoms with Crippen LogP contribution in [0.2, 0.25) is 0 Å². The SMILES string of the molecule is C=C(OCC)C(N)N. The summed E-state index contributed by atoms with van der Waals surface area (Å²) in [5.74, 6) is 0.438. The minimum Gasteiger partial charge on any atom is -0.496 e. The number of rotatable bonds is 3. The zero-order valence-electron chi connectivity index (χ0n) is 5.05. The summed E-state index contributed by atoms with van der Waals surface area (Å²) >= 11 is 0. The first-order chi connectivity index (χ1) is 3.68. The van der Waals surface area contributed by atoms with Crippen molar-refractivity contribution in [3.05, 3.63) is 12.3 Å². The zero-order valence-corrected chi connectivity index (χ0v) is 5.05. The van der Waals surface area contributed by atoms with Gasteiger partial charge in [-0.25, -0.2) is 0 Å². The molecule has 4 N–H and O–H groups in total. The lowest BCUT2D eigenvalue weighted by Gasteiger charge is -2.08. The first-order valence-electron chi connectivity index (χ1n) is 2.51. The van der Waals surface area contributed by atoms with E-state index in [-0.39, 0.29) is 0 Å². The fourth-order valence-electron chi connectivity index (χ4n) is 0.282. The van der Waals surface area contributed by atoms with Crippen LogP contribution in [0.1, 0.15) is 6.92 Å². The minimum absolute atomic E-state index is 0.438. The number of hydrogen-bond donors (Lipinski definition) is 2. The van der Waals surface area contributed by atoms with Gasteiger partial charge in [-0.1, -0.05) is 6.58 Å². The Labute approximate surface area is 49.3 Å². The van der Waals surface area contributed by atoms with Crippen LogP contribution in [0.15, 0.2) is 12.3 Å². The van der Waals surface area contributed by atoms with Crippen molar-refractivity contribution in [3.63, 3.8) is 0 Å². The Morgan fingerprint density at radius 2 is 2.25 bits per heavy atom. The monoisotopic (exact) mass is 116 g/mol. The molecule has 0 aromatic heterocycles. The largest absolute Gasteiger partial charge is 0.496 e. The van der Waals surface area contributed by atoms with Crippen LogP contribution in [-0.4, -0.2) is 12.8 Å². The van der Waals surface area contributed by atoms with Crippen molar-refractivity contribution in [3.8, 4) is 0 Å². The summed E-state index contributed by atoms with van der Waals surface area (Å²) in [7, 11) is 0. The van der Waals surface area contributed by atoms with Gasteiger partial charge in [0.15, 0.2) is 0 Å². The lowest BCUT2D eigenvalue weighted by Crippen LogP contribution is -2.33. The van der Waals surface area contributed by atoms with E-state index in [4.69, 9.17) is 16.2 Å². The van der Waals surface area contributed by atoms with Crippen LogP contribution in [0.4, 0.5) is 0 Å². The molecule has 0 saturated heterocycles. The fraction of sp³-hybridized carbons (Fsp3) is 0.600. The Kier molecular flexibility index (Phi) is 3.23. The van der Waals surface area contributed by atoms with Crippen LogP contribution < -0.4 is 11.5 Å². The molecule has 0 heterocycles. The molecule has 0 atom stereocenters. The van der Waals surface area contributed by atoms with Crippen LogP contribution >= 0.6 is 0 Å². The third kappa shape index (κ3) is 2.60. The summed E-state index contributed by atoms with van der Waals surface area (Å²) in [4.78, 5) is 0. The van der Waals surface area contributed by atoms with Gasteiger partial charge in [-0.15, -0.1) is 0 Å². The van der Waals surface area contributed by atoms with Gasteiger partial charge in [0, 0.05) is 0 Å². The molecule has 0 saturated carbocycles. The van der Waals surface area contributed by atoms with Gasteiger partial charge in [0.2, 0.25) is 0 Å². The average Bonchev–Trinajstić information content (AvgIpc) is 1.67. The van der Waals surface area contributed by atoms with E-state index in [1.165, 1.54) is 0 Å². The number of hydrogen-bond acceptors (Lipinski definition) is 3.